The van der Waals surface area contributed by atoms with E-state index in [0.29, 0.717) is 6.42 Å². The maximum Gasteiger partial charge on any atom is 0.328 e. The van der Waals surface area contributed by atoms with Gasteiger partial charge in [-0.05, 0) is 31.1 Å². The van der Waals surface area contributed by atoms with Gasteiger partial charge in [-0.3, -0.25) is 4.79 Å². The maximum absolute atomic E-state index is 11.9. The highest BCUT2D eigenvalue weighted by Gasteiger charge is 2.19. The molecule has 0 heterocycles. The third kappa shape index (κ3) is 9.34. The number of allylic oxidation sites excluding steroid dienone is 6. The zero-order chi connectivity index (χ0) is 17.7. The van der Waals surface area contributed by atoms with E-state index >= 15 is 0 Å². The van der Waals surface area contributed by atoms with E-state index in [9.17, 15) is 9.59 Å². The fraction of sp³-hybridized carbons (Fsp3) is 0.444. The van der Waals surface area contributed by atoms with Crippen LogP contribution < -0.4 is 5.32 Å². The molecule has 0 aliphatic carbocycles. The van der Waals surface area contributed by atoms with Crippen molar-refractivity contribution in [2.24, 2.45) is 0 Å². The molecule has 0 fully saturated rings. The summed E-state index contributed by atoms with van der Waals surface area (Å²) >= 11 is 0. The van der Waals surface area contributed by atoms with Gasteiger partial charge >= 0.3 is 5.97 Å². The first-order chi connectivity index (χ1) is 11.0. The number of carbonyl (C=O) groups excluding carboxylic acids is 2. The predicted octanol–water partition coefficient (Wildman–Crippen LogP) is 3.05. The Balaban J connectivity index is 4.81. The van der Waals surface area contributed by atoms with Crippen molar-refractivity contribution < 1.29 is 19.1 Å². The molecule has 5 nitrogen and oxygen atoms in total. The van der Waals surface area contributed by atoms with Crippen LogP contribution in [0.25, 0.3) is 0 Å². The second-order valence-electron chi connectivity index (χ2n) is 4.91. The number of hydrogen-bond acceptors (Lipinski definition) is 4. The molecule has 0 saturated carbocycles. The van der Waals surface area contributed by atoms with Gasteiger partial charge in [-0.25, -0.2) is 4.79 Å². The molecule has 0 saturated heterocycles. The van der Waals surface area contributed by atoms with Gasteiger partial charge in [0.25, 0.3) is 0 Å². The van der Waals surface area contributed by atoms with Crippen LogP contribution >= 0.6 is 0 Å². The highest BCUT2D eigenvalue weighted by Crippen LogP contribution is 2.04. The first-order valence-corrected chi connectivity index (χ1v) is 7.59. The lowest BCUT2D eigenvalue weighted by atomic mass is 10.1. The Bertz CT molecular complexity index is 489. The fourth-order valence-electron chi connectivity index (χ4n) is 1.66. The first-order valence-electron chi connectivity index (χ1n) is 7.59. The standard InChI is InChI=1S/C18H27NO4/c1-6-8-9-16(18(21)23-5)19-17(20)13-12-15(7-2)11-10-14(3)22-4/h7,10-13,16H,2,6,8-9H2,1,3-5H3,(H,19,20)/b13-12+,14-10+,15-11+. The minimum atomic E-state index is -0.621. The Hall–Kier alpha value is -2.30. The van der Waals surface area contributed by atoms with Crippen LogP contribution in [0.1, 0.15) is 33.1 Å². The zero-order valence-corrected chi connectivity index (χ0v) is 14.4. The quantitative estimate of drug-likeness (QED) is 0.291. The van der Waals surface area contributed by atoms with Crippen LogP contribution in [0, 0.1) is 0 Å². The van der Waals surface area contributed by atoms with Crippen LogP contribution in [-0.2, 0) is 19.1 Å². The average molecular weight is 321 g/mol. The molecule has 1 N–H and O–H groups in total. The highest BCUT2D eigenvalue weighted by molar-refractivity contribution is 5.91. The summed E-state index contributed by atoms with van der Waals surface area (Å²) in [6.07, 6.45) is 10.5. The van der Waals surface area contributed by atoms with Crippen LogP contribution in [0.5, 0.6) is 0 Å². The molecule has 0 aliphatic heterocycles. The molecule has 0 radical (unpaired) electrons. The molecular weight excluding hydrogens is 294 g/mol. The summed E-state index contributed by atoms with van der Waals surface area (Å²) in [4.78, 5) is 23.6. The van der Waals surface area contributed by atoms with Crippen LogP contribution in [0.15, 0.2) is 48.3 Å². The Morgan fingerprint density at radius 2 is 1.87 bits per heavy atom. The average Bonchev–Trinajstić information content (AvgIpc) is 2.57. The second-order valence-corrected chi connectivity index (χ2v) is 4.91. The van der Waals surface area contributed by atoms with E-state index in [4.69, 9.17) is 9.47 Å². The zero-order valence-electron chi connectivity index (χ0n) is 14.4. The third-order valence-electron chi connectivity index (χ3n) is 3.14. The predicted molar refractivity (Wildman–Crippen MR) is 91.7 cm³/mol. The molecule has 0 aliphatic rings. The molecule has 1 amide bonds. The Morgan fingerprint density at radius 3 is 2.39 bits per heavy atom. The summed E-state index contributed by atoms with van der Waals surface area (Å²) in [5, 5.41) is 2.66. The van der Waals surface area contributed by atoms with Crippen LogP contribution in [-0.4, -0.2) is 32.1 Å². The van der Waals surface area contributed by atoms with Gasteiger partial charge in [0.15, 0.2) is 0 Å². The number of amides is 1. The second kappa shape index (κ2) is 12.3. The van der Waals surface area contributed by atoms with E-state index in [1.165, 1.54) is 13.2 Å². The summed E-state index contributed by atoms with van der Waals surface area (Å²) in [5.74, 6) is -0.0393. The lowest BCUT2D eigenvalue weighted by Gasteiger charge is -2.14. The van der Waals surface area contributed by atoms with E-state index in [1.54, 1.807) is 31.4 Å². The van der Waals surface area contributed by atoms with Gasteiger partial charge in [0.1, 0.15) is 6.04 Å². The highest BCUT2D eigenvalue weighted by atomic mass is 16.5. The Labute approximate surface area is 138 Å². The van der Waals surface area contributed by atoms with Crippen molar-refractivity contribution in [1.29, 1.82) is 0 Å². The summed E-state index contributed by atoms with van der Waals surface area (Å²) in [5.41, 5.74) is 0.750. The van der Waals surface area contributed by atoms with Gasteiger partial charge in [-0.2, -0.15) is 0 Å². The van der Waals surface area contributed by atoms with E-state index in [0.717, 1.165) is 24.2 Å². The molecular formula is C18H27NO4. The molecule has 5 heteroatoms. The van der Waals surface area contributed by atoms with Gasteiger partial charge in [0, 0.05) is 6.08 Å². The van der Waals surface area contributed by atoms with Gasteiger partial charge in [0.2, 0.25) is 5.91 Å². The van der Waals surface area contributed by atoms with E-state index in [1.807, 2.05) is 13.8 Å². The first kappa shape index (κ1) is 20.7. The number of hydrogen-bond donors (Lipinski definition) is 1. The third-order valence-corrected chi connectivity index (χ3v) is 3.14. The van der Waals surface area contributed by atoms with Crippen molar-refractivity contribution >= 4 is 11.9 Å². The van der Waals surface area contributed by atoms with Crippen molar-refractivity contribution in [3.05, 3.63) is 48.3 Å². The summed E-state index contributed by atoms with van der Waals surface area (Å²) < 4.78 is 9.73. The van der Waals surface area contributed by atoms with Gasteiger partial charge in [-0.1, -0.05) is 38.5 Å². The van der Waals surface area contributed by atoms with Gasteiger partial charge in [0.05, 0.1) is 20.0 Å². The summed E-state index contributed by atoms with van der Waals surface area (Å²) in [6.45, 7) is 7.53. The molecule has 0 spiro atoms. The van der Waals surface area contributed by atoms with Crippen molar-refractivity contribution in [1.82, 2.24) is 5.32 Å². The number of esters is 1. The number of carbonyl (C=O) groups is 2. The minimum Gasteiger partial charge on any atom is -0.501 e. The molecule has 0 bridgehead atoms. The molecule has 1 atom stereocenters. The lowest BCUT2D eigenvalue weighted by molar-refractivity contribution is -0.144. The number of ether oxygens (including phenoxy) is 2. The summed E-state index contributed by atoms with van der Waals surface area (Å²) in [7, 11) is 2.89. The molecule has 0 rings (SSSR count). The number of unbranched alkanes of at least 4 members (excludes halogenated alkanes) is 1. The van der Waals surface area contributed by atoms with E-state index in [2.05, 4.69) is 11.9 Å². The lowest BCUT2D eigenvalue weighted by Crippen LogP contribution is -2.40. The molecule has 0 aromatic heterocycles. The Kier molecular flexibility index (Phi) is 11.0. The fourth-order valence-corrected chi connectivity index (χ4v) is 1.66. The van der Waals surface area contributed by atoms with Crippen LogP contribution in [0.3, 0.4) is 0 Å². The van der Waals surface area contributed by atoms with Crippen LogP contribution in [0.4, 0.5) is 0 Å². The normalized spacial score (nSPS) is 13.6. The topological polar surface area (TPSA) is 64.6 Å². The minimum absolute atomic E-state index is 0.350. The van der Waals surface area contributed by atoms with E-state index in [-0.39, 0.29) is 5.91 Å². The molecule has 0 aromatic rings. The molecule has 23 heavy (non-hydrogen) atoms. The summed E-state index contributed by atoms with van der Waals surface area (Å²) in [6, 6.07) is -0.621. The van der Waals surface area contributed by atoms with Crippen molar-refractivity contribution in [2.75, 3.05) is 14.2 Å². The van der Waals surface area contributed by atoms with Gasteiger partial charge < -0.3 is 14.8 Å². The van der Waals surface area contributed by atoms with Crippen LogP contribution in [0.2, 0.25) is 0 Å². The number of nitrogens with one attached hydrogen (secondary N) is 1. The molecule has 128 valence electrons. The number of methoxy groups -OCH3 is 2. The van der Waals surface area contributed by atoms with Crippen molar-refractivity contribution in [3.63, 3.8) is 0 Å². The monoisotopic (exact) mass is 321 g/mol. The molecule has 0 aromatic carbocycles. The maximum atomic E-state index is 11.9. The largest absolute Gasteiger partial charge is 0.501 e. The van der Waals surface area contributed by atoms with Gasteiger partial charge in [-0.15, -0.1) is 0 Å². The van der Waals surface area contributed by atoms with E-state index < -0.39 is 12.0 Å². The van der Waals surface area contributed by atoms with Crippen molar-refractivity contribution in [2.45, 2.75) is 39.2 Å². The Morgan fingerprint density at radius 1 is 1.17 bits per heavy atom. The van der Waals surface area contributed by atoms with Crippen molar-refractivity contribution in [3.8, 4) is 0 Å². The molecule has 1 unspecified atom stereocenters. The smallest absolute Gasteiger partial charge is 0.328 e. The SMILES string of the molecule is C=CC(/C=C/C(=O)NC(CCCC)C(=O)OC)=C\C=C(/C)OC. The number of rotatable bonds is 10.